The number of sulfone groups is 1. The summed E-state index contributed by atoms with van der Waals surface area (Å²) in [5, 5.41) is 0. The Morgan fingerprint density at radius 2 is 2.11 bits per heavy atom. The van der Waals surface area contributed by atoms with Gasteiger partial charge in [-0.1, -0.05) is 13.8 Å². The fraction of sp³-hybridized carbons (Fsp3) is 0.462. The molecule has 2 aromatic rings. The second-order valence-corrected chi connectivity index (χ2v) is 7.17. The molecule has 0 spiro atoms. The average molecular weight is 281 g/mol. The quantitative estimate of drug-likeness (QED) is 0.890. The third-order valence-corrected chi connectivity index (χ3v) is 4.79. The molecule has 19 heavy (non-hydrogen) atoms. The van der Waals surface area contributed by atoms with E-state index in [1.54, 1.807) is 18.2 Å². The summed E-state index contributed by atoms with van der Waals surface area (Å²) in [4.78, 5) is 8.01. The maximum Gasteiger partial charge on any atom is 0.175 e. The van der Waals surface area contributed by atoms with Crippen LogP contribution in [0.15, 0.2) is 23.1 Å². The first-order valence-corrected chi connectivity index (χ1v) is 8.09. The molecule has 0 saturated carbocycles. The zero-order chi connectivity index (χ0) is 14.3. The van der Waals surface area contributed by atoms with E-state index in [2.05, 4.69) is 16.9 Å². The van der Waals surface area contributed by atoms with E-state index in [9.17, 15) is 8.42 Å². The molecule has 0 aliphatic rings. The SMILES string of the molecule is CCC(C)(CN)c1nc2ccc(S(C)(=O)=O)cc2[nH]1. The van der Waals surface area contributed by atoms with E-state index >= 15 is 0 Å². The van der Waals surface area contributed by atoms with Crippen LogP contribution in [0.4, 0.5) is 0 Å². The highest BCUT2D eigenvalue weighted by atomic mass is 32.2. The van der Waals surface area contributed by atoms with Crippen molar-refractivity contribution < 1.29 is 8.42 Å². The predicted molar refractivity (Wildman–Crippen MR) is 75.9 cm³/mol. The second-order valence-electron chi connectivity index (χ2n) is 5.15. The van der Waals surface area contributed by atoms with Gasteiger partial charge in [0, 0.05) is 18.2 Å². The number of fused-ring (bicyclic) bond motifs is 1. The van der Waals surface area contributed by atoms with E-state index in [-0.39, 0.29) is 5.41 Å². The van der Waals surface area contributed by atoms with Crippen molar-refractivity contribution in [3.63, 3.8) is 0 Å². The van der Waals surface area contributed by atoms with Gasteiger partial charge >= 0.3 is 0 Å². The molecule has 0 fully saturated rings. The van der Waals surface area contributed by atoms with Crippen molar-refractivity contribution in [3.8, 4) is 0 Å². The molecule has 1 heterocycles. The Morgan fingerprint density at radius 3 is 2.63 bits per heavy atom. The highest BCUT2D eigenvalue weighted by Gasteiger charge is 2.26. The normalized spacial score (nSPS) is 15.6. The topological polar surface area (TPSA) is 88.8 Å². The minimum Gasteiger partial charge on any atom is -0.341 e. The minimum atomic E-state index is -3.20. The van der Waals surface area contributed by atoms with Crippen LogP contribution in [0.2, 0.25) is 0 Å². The van der Waals surface area contributed by atoms with Gasteiger partial charge in [-0.2, -0.15) is 0 Å². The highest BCUT2D eigenvalue weighted by molar-refractivity contribution is 7.90. The lowest BCUT2D eigenvalue weighted by Crippen LogP contribution is -2.32. The Hall–Kier alpha value is -1.40. The first-order valence-electron chi connectivity index (χ1n) is 6.20. The summed E-state index contributed by atoms with van der Waals surface area (Å²) in [7, 11) is -3.20. The van der Waals surface area contributed by atoms with E-state index in [4.69, 9.17) is 5.73 Å². The molecular weight excluding hydrogens is 262 g/mol. The third-order valence-electron chi connectivity index (χ3n) is 3.68. The zero-order valence-corrected chi connectivity index (χ0v) is 12.2. The van der Waals surface area contributed by atoms with Gasteiger partial charge in [-0.3, -0.25) is 0 Å². The summed E-state index contributed by atoms with van der Waals surface area (Å²) in [5.41, 5.74) is 7.08. The maximum atomic E-state index is 11.5. The molecule has 1 atom stereocenters. The molecule has 0 radical (unpaired) electrons. The standard InChI is InChI=1S/C13H19N3O2S/c1-4-13(2,8-14)12-15-10-6-5-9(19(3,17)18)7-11(10)16-12/h5-7H,4,8,14H2,1-3H3,(H,15,16). The van der Waals surface area contributed by atoms with Crippen LogP contribution in [-0.2, 0) is 15.3 Å². The van der Waals surface area contributed by atoms with Gasteiger partial charge in [0.05, 0.1) is 15.9 Å². The number of imidazole rings is 1. The van der Waals surface area contributed by atoms with Gasteiger partial charge in [0.1, 0.15) is 5.82 Å². The molecule has 6 heteroatoms. The van der Waals surface area contributed by atoms with Crippen molar-refractivity contribution in [2.24, 2.45) is 5.73 Å². The number of rotatable bonds is 4. The Labute approximate surface area is 113 Å². The second kappa shape index (κ2) is 4.61. The Bertz CT molecular complexity index is 700. The smallest absolute Gasteiger partial charge is 0.175 e. The number of H-pyrrole nitrogens is 1. The molecule has 1 aromatic heterocycles. The average Bonchev–Trinajstić information content (AvgIpc) is 2.80. The summed E-state index contributed by atoms with van der Waals surface area (Å²) in [6.07, 6.45) is 2.06. The Morgan fingerprint density at radius 1 is 1.42 bits per heavy atom. The Kier molecular flexibility index (Phi) is 3.40. The van der Waals surface area contributed by atoms with Crippen molar-refractivity contribution in [2.75, 3.05) is 12.8 Å². The van der Waals surface area contributed by atoms with Gasteiger partial charge in [0.2, 0.25) is 0 Å². The molecule has 0 aliphatic carbocycles. The number of hydrogen-bond donors (Lipinski definition) is 2. The molecule has 5 nitrogen and oxygen atoms in total. The van der Waals surface area contributed by atoms with E-state index in [1.807, 2.05) is 6.92 Å². The van der Waals surface area contributed by atoms with Crippen LogP contribution in [0.3, 0.4) is 0 Å². The van der Waals surface area contributed by atoms with E-state index in [1.165, 1.54) is 6.26 Å². The zero-order valence-electron chi connectivity index (χ0n) is 11.4. The molecule has 0 amide bonds. The van der Waals surface area contributed by atoms with Crippen LogP contribution < -0.4 is 5.73 Å². The van der Waals surface area contributed by atoms with E-state index in [0.29, 0.717) is 11.4 Å². The van der Waals surface area contributed by atoms with E-state index < -0.39 is 9.84 Å². The van der Waals surface area contributed by atoms with Crippen molar-refractivity contribution >= 4 is 20.9 Å². The lowest BCUT2D eigenvalue weighted by Gasteiger charge is -2.23. The summed E-state index contributed by atoms with van der Waals surface area (Å²) < 4.78 is 23.1. The maximum absolute atomic E-state index is 11.5. The molecule has 0 aliphatic heterocycles. The van der Waals surface area contributed by atoms with Crippen molar-refractivity contribution in [3.05, 3.63) is 24.0 Å². The molecule has 0 bridgehead atoms. The van der Waals surface area contributed by atoms with E-state index in [0.717, 1.165) is 23.3 Å². The summed E-state index contributed by atoms with van der Waals surface area (Å²) >= 11 is 0. The molecule has 2 rings (SSSR count). The summed E-state index contributed by atoms with van der Waals surface area (Å²) in [6.45, 7) is 4.59. The molecule has 3 N–H and O–H groups in total. The van der Waals surface area contributed by atoms with Crippen LogP contribution in [-0.4, -0.2) is 31.2 Å². The largest absolute Gasteiger partial charge is 0.341 e. The molecule has 1 aromatic carbocycles. The fourth-order valence-electron chi connectivity index (χ4n) is 1.91. The minimum absolute atomic E-state index is 0.218. The number of nitrogens with one attached hydrogen (secondary N) is 1. The predicted octanol–water partition coefficient (Wildman–Crippen LogP) is 1.59. The summed E-state index contributed by atoms with van der Waals surface area (Å²) in [6, 6.07) is 4.92. The van der Waals surface area contributed by atoms with Crippen molar-refractivity contribution in [2.45, 2.75) is 30.6 Å². The van der Waals surface area contributed by atoms with Gasteiger partial charge in [-0.05, 0) is 24.6 Å². The molecule has 1 unspecified atom stereocenters. The van der Waals surface area contributed by atoms with Gasteiger partial charge in [-0.25, -0.2) is 13.4 Å². The van der Waals surface area contributed by atoms with Crippen LogP contribution >= 0.6 is 0 Å². The fourth-order valence-corrected chi connectivity index (χ4v) is 2.56. The van der Waals surface area contributed by atoms with Gasteiger partial charge < -0.3 is 10.7 Å². The first kappa shape index (κ1) is 14.0. The number of aromatic amines is 1. The lowest BCUT2D eigenvalue weighted by atomic mass is 9.87. The van der Waals surface area contributed by atoms with Crippen LogP contribution in [0.5, 0.6) is 0 Å². The first-order chi connectivity index (χ1) is 8.80. The molecule has 0 saturated heterocycles. The van der Waals surface area contributed by atoms with Gasteiger partial charge in [-0.15, -0.1) is 0 Å². The van der Waals surface area contributed by atoms with Crippen molar-refractivity contribution in [1.82, 2.24) is 9.97 Å². The number of hydrogen-bond acceptors (Lipinski definition) is 4. The van der Waals surface area contributed by atoms with Crippen LogP contribution in [0.25, 0.3) is 11.0 Å². The number of aromatic nitrogens is 2. The third kappa shape index (κ3) is 2.50. The number of benzene rings is 1. The monoisotopic (exact) mass is 281 g/mol. The van der Waals surface area contributed by atoms with Crippen LogP contribution in [0.1, 0.15) is 26.1 Å². The highest BCUT2D eigenvalue weighted by Crippen LogP contribution is 2.26. The lowest BCUT2D eigenvalue weighted by molar-refractivity contribution is 0.443. The van der Waals surface area contributed by atoms with Crippen molar-refractivity contribution in [1.29, 1.82) is 0 Å². The van der Waals surface area contributed by atoms with Crippen LogP contribution in [0, 0.1) is 0 Å². The number of nitrogens with zero attached hydrogens (tertiary/aromatic N) is 1. The molecule has 104 valence electrons. The van der Waals surface area contributed by atoms with Gasteiger partial charge in [0.25, 0.3) is 0 Å². The van der Waals surface area contributed by atoms with Gasteiger partial charge in [0.15, 0.2) is 9.84 Å². The summed E-state index contributed by atoms with van der Waals surface area (Å²) in [5.74, 6) is 0.804. The molecular formula is C13H19N3O2S. The number of nitrogens with two attached hydrogens (primary N) is 1. The Balaban J connectivity index is 2.59.